The van der Waals surface area contributed by atoms with Gasteiger partial charge in [-0.3, -0.25) is 0 Å². The van der Waals surface area contributed by atoms with Gasteiger partial charge in [0, 0.05) is 12.0 Å². The first-order chi connectivity index (χ1) is 14.1. The van der Waals surface area contributed by atoms with E-state index in [1.807, 2.05) is 24.3 Å². The molecule has 0 aliphatic heterocycles. The first kappa shape index (κ1) is 22.6. The first-order valence-electron chi connectivity index (χ1n) is 10.7. The molecule has 0 fully saturated rings. The summed E-state index contributed by atoms with van der Waals surface area (Å²) in [5.41, 5.74) is 1.43. The normalized spacial score (nSPS) is 11.3. The molecule has 0 aromatic heterocycles. The van der Waals surface area contributed by atoms with Gasteiger partial charge < -0.3 is 9.47 Å². The fraction of sp³-hybridized carbons (Fsp3) is 0.423. The lowest BCUT2D eigenvalue weighted by Crippen LogP contribution is -2.09. The van der Waals surface area contributed by atoms with Gasteiger partial charge in [0.05, 0.1) is 12.2 Å². The van der Waals surface area contributed by atoms with Crippen molar-refractivity contribution >= 4 is 5.97 Å². The van der Waals surface area contributed by atoms with Crippen LogP contribution in [0.25, 0.3) is 0 Å². The van der Waals surface area contributed by atoms with E-state index in [-0.39, 0.29) is 5.97 Å². The van der Waals surface area contributed by atoms with E-state index in [1.54, 1.807) is 24.3 Å². The molecule has 0 aliphatic rings. The minimum Gasteiger partial charge on any atom is -0.493 e. The second-order valence-electron chi connectivity index (χ2n) is 7.38. The minimum absolute atomic E-state index is 0.377. The molecule has 0 saturated heterocycles. The Morgan fingerprint density at radius 2 is 1.62 bits per heavy atom. The van der Waals surface area contributed by atoms with Crippen LogP contribution in [0.3, 0.4) is 0 Å². The van der Waals surface area contributed by atoms with Crippen LogP contribution in [0.1, 0.15) is 75.2 Å². The first-order valence-corrected chi connectivity index (χ1v) is 10.7. The molecular formula is C26H32O3. The Morgan fingerprint density at radius 3 is 2.28 bits per heavy atom. The van der Waals surface area contributed by atoms with Crippen molar-refractivity contribution in [3.8, 4) is 23.3 Å². The van der Waals surface area contributed by atoms with Gasteiger partial charge in [-0.05, 0) is 60.9 Å². The van der Waals surface area contributed by atoms with Gasteiger partial charge in [-0.15, -0.1) is 0 Å². The van der Waals surface area contributed by atoms with Gasteiger partial charge in [0.15, 0.2) is 0 Å². The van der Waals surface area contributed by atoms with Crippen LogP contribution in [-0.4, -0.2) is 12.6 Å². The van der Waals surface area contributed by atoms with E-state index >= 15 is 0 Å². The summed E-state index contributed by atoms with van der Waals surface area (Å²) >= 11 is 0. The summed E-state index contributed by atoms with van der Waals surface area (Å²) in [6, 6.07) is 14.4. The molecule has 0 aliphatic carbocycles. The van der Waals surface area contributed by atoms with E-state index in [0.717, 1.165) is 30.6 Å². The predicted octanol–water partition coefficient (Wildman–Crippen LogP) is 6.65. The largest absolute Gasteiger partial charge is 0.493 e. The highest BCUT2D eigenvalue weighted by Crippen LogP contribution is 2.19. The number of unbranched alkanes of at least 4 members (excludes halogenated alkanes) is 4. The molecule has 0 radical (unpaired) electrons. The van der Waals surface area contributed by atoms with Crippen LogP contribution in [0.4, 0.5) is 0 Å². The minimum atomic E-state index is -0.377. The number of benzene rings is 2. The number of hydrogen-bond donors (Lipinski definition) is 0. The highest BCUT2D eigenvalue weighted by atomic mass is 16.5. The van der Waals surface area contributed by atoms with E-state index in [4.69, 9.17) is 9.47 Å². The van der Waals surface area contributed by atoms with E-state index in [0.29, 0.717) is 23.8 Å². The molecule has 0 bridgehead atoms. The molecule has 0 spiro atoms. The second-order valence-corrected chi connectivity index (χ2v) is 7.38. The molecule has 1 atom stereocenters. The van der Waals surface area contributed by atoms with Crippen molar-refractivity contribution in [3.63, 3.8) is 0 Å². The molecule has 154 valence electrons. The van der Waals surface area contributed by atoms with Crippen LogP contribution in [0.15, 0.2) is 48.5 Å². The summed E-state index contributed by atoms with van der Waals surface area (Å²) in [5, 5.41) is 0. The number of rotatable bonds is 10. The highest BCUT2D eigenvalue weighted by molar-refractivity contribution is 5.91. The molecule has 0 amide bonds. The molecule has 2 aromatic rings. The molecule has 0 N–H and O–H groups in total. The Kier molecular flexibility index (Phi) is 9.86. The van der Waals surface area contributed by atoms with Crippen molar-refractivity contribution in [2.45, 2.75) is 59.3 Å². The zero-order valence-electron chi connectivity index (χ0n) is 17.9. The SMILES string of the molecule is CCCCCCC#Cc1ccc(C(=O)Oc2ccc(OCC(C)CC)cc2)cc1. The maximum atomic E-state index is 12.3. The number of carbonyl (C=O) groups excluding carboxylic acids is 1. The average Bonchev–Trinajstić information content (AvgIpc) is 2.75. The summed E-state index contributed by atoms with van der Waals surface area (Å²) in [6.07, 6.45) is 6.89. The third kappa shape index (κ3) is 8.44. The van der Waals surface area contributed by atoms with Crippen molar-refractivity contribution in [1.29, 1.82) is 0 Å². The quantitative estimate of drug-likeness (QED) is 0.196. The van der Waals surface area contributed by atoms with Gasteiger partial charge in [-0.25, -0.2) is 4.79 Å². The zero-order chi connectivity index (χ0) is 20.9. The summed E-state index contributed by atoms with van der Waals surface area (Å²) in [5.74, 6) is 7.77. The highest BCUT2D eigenvalue weighted by Gasteiger charge is 2.09. The molecule has 29 heavy (non-hydrogen) atoms. The molecule has 0 saturated carbocycles. The fourth-order valence-corrected chi connectivity index (χ4v) is 2.62. The van der Waals surface area contributed by atoms with Gasteiger partial charge in [-0.2, -0.15) is 0 Å². The lowest BCUT2D eigenvalue weighted by atomic mass is 10.1. The van der Waals surface area contributed by atoms with Crippen molar-refractivity contribution in [3.05, 3.63) is 59.7 Å². The summed E-state index contributed by atoms with van der Waals surface area (Å²) in [7, 11) is 0. The van der Waals surface area contributed by atoms with Crippen LogP contribution in [0.5, 0.6) is 11.5 Å². The molecular weight excluding hydrogens is 360 g/mol. The Bertz CT molecular complexity index is 795. The molecule has 3 nitrogen and oxygen atoms in total. The molecule has 0 heterocycles. The third-order valence-corrected chi connectivity index (χ3v) is 4.77. The smallest absolute Gasteiger partial charge is 0.343 e. The maximum Gasteiger partial charge on any atom is 0.343 e. The Morgan fingerprint density at radius 1 is 0.931 bits per heavy atom. The Balaban J connectivity index is 1.83. The molecule has 2 aromatic carbocycles. The lowest BCUT2D eigenvalue weighted by molar-refractivity contribution is 0.0734. The Labute approximate surface area is 175 Å². The predicted molar refractivity (Wildman–Crippen MR) is 118 cm³/mol. The van der Waals surface area contributed by atoms with Crippen LogP contribution < -0.4 is 9.47 Å². The zero-order valence-corrected chi connectivity index (χ0v) is 17.9. The molecule has 3 heteroatoms. The maximum absolute atomic E-state index is 12.3. The summed E-state index contributed by atoms with van der Waals surface area (Å²) in [4.78, 5) is 12.3. The number of carbonyl (C=O) groups is 1. The van der Waals surface area contributed by atoms with E-state index < -0.39 is 0 Å². The number of ether oxygens (including phenoxy) is 2. The van der Waals surface area contributed by atoms with E-state index in [1.165, 1.54) is 19.3 Å². The van der Waals surface area contributed by atoms with Crippen molar-refractivity contribution in [2.24, 2.45) is 5.92 Å². The molecule has 2 rings (SSSR count). The van der Waals surface area contributed by atoms with Crippen LogP contribution in [0.2, 0.25) is 0 Å². The topological polar surface area (TPSA) is 35.5 Å². The van der Waals surface area contributed by atoms with Gasteiger partial charge in [0.25, 0.3) is 0 Å². The van der Waals surface area contributed by atoms with Crippen LogP contribution in [-0.2, 0) is 0 Å². The van der Waals surface area contributed by atoms with Gasteiger partial charge in [-0.1, -0.05) is 58.3 Å². The van der Waals surface area contributed by atoms with Crippen molar-refractivity contribution < 1.29 is 14.3 Å². The summed E-state index contributed by atoms with van der Waals surface area (Å²) in [6.45, 7) is 7.19. The van der Waals surface area contributed by atoms with Crippen molar-refractivity contribution in [2.75, 3.05) is 6.61 Å². The van der Waals surface area contributed by atoms with Crippen LogP contribution >= 0.6 is 0 Å². The number of esters is 1. The van der Waals surface area contributed by atoms with Crippen molar-refractivity contribution in [1.82, 2.24) is 0 Å². The standard InChI is InChI=1S/C26H32O3/c1-4-6-7-8-9-10-11-22-12-14-23(15-13-22)26(27)29-25-18-16-24(17-19-25)28-20-21(3)5-2/h12-19,21H,4-9,20H2,1-3H3. The third-order valence-electron chi connectivity index (χ3n) is 4.77. The van der Waals surface area contributed by atoms with E-state index in [9.17, 15) is 4.79 Å². The monoisotopic (exact) mass is 392 g/mol. The van der Waals surface area contributed by atoms with E-state index in [2.05, 4.69) is 32.6 Å². The summed E-state index contributed by atoms with van der Waals surface area (Å²) < 4.78 is 11.2. The molecule has 1 unspecified atom stereocenters. The van der Waals surface area contributed by atoms with Gasteiger partial charge in [0.1, 0.15) is 11.5 Å². The average molecular weight is 393 g/mol. The number of hydrogen-bond acceptors (Lipinski definition) is 3. The lowest BCUT2D eigenvalue weighted by Gasteiger charge is -2.11. The fourth-order valence-electron chi connectivity index (χ4n) is 2.62. The van der Waals surface area contributed by atoms with Gasteiger partial charge >= 0.3 is 5.97 Å². The second kappa shape index (κ2) is 12.7. The Hall–Kier alpha value is -2.73. The van der Waals surface area contributed by atoms with Crippen LogP contribution in [0, 0.1) is 17.8 Å². The van der Waals surface area contributed by atoms with Gasteiger partial charge in [0.2, 0.25) is 0 Å².